The van der Waals surface area contributed by atoms with Gasteiger partial charge in [-0.25, -0.2) is 0 Å². The van der Waals surface area contributed by atoms with Crippen LogP contribution in [-0.4, -0.2) is 45.6 Å². The van der Waals surface area contributed by atoms with E-state index in [0.29, 0.717) is 17.5 Å². The Bertz CT molecular complexity index is 603. The molecule has 1 aliphatic rings. The average molecular weight is 296 g/mol. The lowest BCUT2D eigenvalue weighted by atomic mass is 10.00. The summed E-state index contributed by atoms with van der Waals surface area (Å²) in [6.07, 6.45) is 2.06. The molecule has 1 fully saturated rings. The Labute approximate surface area is 119 Å². The first-order valence-electron chi connectivity index (χ1n) is 6.72. The quantitative estimate of drug-likeness (QED) is 0.788. The van der Waals surface area contributed by atoms with Crippen molar-refractivity contribution in [3.63, 3.8) is 0 Å². The molecule has 20 heavy (non-hydrogen) atoms. The van der Waals surface area contributed by atoms with E-state index in [-0.39, 0.29) is 12.4 Å². The van der Waals surface area contributed by atoms with Crippen LogP contribution in [0.5, 0.6) is 0 Å². The highest BCUT2D eigenvalue weighted by atomic mass is 32.1. The fraction of sp³-hybridized carbons (Fsp3) is 0.667. The molecule has 1 saturated heterocycles. The summed E-state index contributed by atoms with van der Waals surface area (Å²) in [5, 5.41) is 13.5. The van der Waals surface area contributed by atoms with Crippen molar-refractivity contribution in [1.29, 1.82) is 0 Å². The third-order valence-electron chi connectivity index (χ3n) is 3.24. The lowest BCUT2D eigenvalue weighted by molar-refractivity contribution is -0.142. The van der Waals surface area contributed by atoms with E-state index in [2.05, 4.69) is 15.3 Å². The van der Waals surface area contributed by atoms with E-state index in [1.165, 1.54) is 11.3 Å². The molecular weight excluding hydrogens is 280 g/mol. The molecule has 108 valence electrons. The molecule has 0 radical (unpaired) electrons. The highest BCUT2D eigenvalue weighted by molar-refractivity contribution is 7.16. The largest absolute Gasteiger partial charge is 0.466 e. The van der Waals surface area contributed by atoms with Crippen molar-refractivity contribution >= 4 is 22.3 Å². The third-order valence-corrected chi connectivity index (χ3v) is 4.14. The molecule has 0 N–H and O–H groups in total. The summed E-state index contributed by atoms with van der Waals surface area (Å²) in [7, 11) is 0. The maximum Gasteiger partial charge on any atom is 0.312 e. The van der Waals surface area contributed by atoms with Gasteiger partial charge in [0.25, 0.3) is 0 Å². The molecule has 0 aliphatic carbocycles. The SMILES string of the molecule is CCOC(=O)Cc1nn2c(C3CCOCC3)nnc2s1. The van der Waals surface area contributed by atoms with E-state index in [1.807, 2.05) is 0 Å². The van der Waals surface area contributed by atoms with Gasteiger partial charge in [0.2, 0.25) is 4.96 Å². The normalized spacial score (nSPS) is 16.6. The number of hydrogen-bond acceptors (Lipinski definition) is 7. The van der Waals surface area contributed by atoms with Gasteiger partial charge in [0.1, 0.15) is 5.01 Å². The highest BCUT2D eigenvalue weighted by Gasteiger charge is 2.23. The highest BCUT2D eigenvalue weighted by Crippen LogP contribution is 2.27. The monoisotopic (exact) mass is 296 g/mol. The van der Waals surface area contributed by atoms with Gasteiger partial charge in [-0.3, -0.25) is 4.79 Å². The van der Waals surface area contributed by atoms with E-state index in [9.17, 15) is 4.79 Å². The van der Waals surface area contributed by atoms with Gasteiger partial charge >= 0.3 is 5.97 Å². The molecule has 7 nitrogen and oxygen atoms in total. The van der Waals surface area contributed by atoms with Gasteiger partial charge in [0.15, 0.2) is 5.82 Å². The summed E-state index contributed by atoms with van der Waals surface area (Å²) in [5.74, 6) is 0.941. The average Bonchev–Trinajstić information content (AvgIpc) is 2.99. The first-order chi connectivity index (χ1) is 9.78. The molecule has 0 saturated carbocycles. The molecule has 1 aliphatic heterocycles. The molecule has 0 bridgehead atoms. The van der Waals surface area contributed by atoms with Crippen molar-refractivity contribution in [2.75, 3.05) is 19.8 Å². The smallest absolute Gasteiger partial charge is 0.312 e. The predicted octanol–water partition coefficient (Wildman–Crippen LogP) is 1.19. The lowest BCUT2D eigenvalue weighted by Crippen LogP contribution is -2.17. The molecule has 8 heteroatoms. The summed E-state index contributed by atoms with van der Waals surface area (Å²) in [5.41, 5.74) is 0. The molecule has 0 spiro atoms. The molecule has 0 aromatic carbocycles. The molecule has 3 heterocycles. The fourth-order valence-corrected chi connectivity index (χ4v) is 3.11. The lowest BCUT2D eigenvalue weighted by Gasteiger charge is -2.19. The first kappa shape index (κ1) is 13.4. The van der Waals surface area contributed by atoms with Crippen LogP contribution in [0.25, 0.3) is 4.96 Å². The molecule has 2 aromatic rings. The summed E-state index contributed by atoms with van der Waals surface area (Å²) in [6, 6.07) is 0. The Kier molecular flexibility index (Phi) is 3.93. The first-order valence-corrected chi connectivity index (χ1v) is 7.54. The maximum atomic E-state index is 11.5. The van der Waals surface area contributed by atoms with Crippen LogP contribution in [0.15, 0.2) is 0 Å². The van der Waals surface area contributed by atoms with Gasteiger partial charge in [-0.05, 0) is 19.8 Å². The fourth-order valence-electron chi connectivity index (χ4n) is 2.29. The van der Waals surface area contributed by atoms with Crippen molar-refractivity contribution in [2.24, 2.45) is 0 Å². The number of nitrogens with zero attached hydrogens (tertiary/aromatic N) is 4. The van der Waals surface area contributed by atoms with E-state index in [1.54, 1.807) is 11.4 Å². The zero-order valence-electron chi connectivity index (χ0n) is 11.2. The summed E-state index contributed by atoms with van der Waals surface area (Å²) >= 11 is 1.38. The minimum Gasteiger partial charge on any atom is -0.466 e. The van der Waals surface area contributed by atoms with Gasteiger partial charge in [-0.2, -0.15) is 9.61 Å². The molecule has 0 atom stereocenters. The molecule has 3 rings (SSSR count). The van der Waals surface area contributed by atoms with Crippen LogP contribution >= 0.6 is 11.3 Å². The summed E-state index contributed by atoms with van der Waals surface area (Å²) in [6.45, 7) is 3.68. The van der Waals surface area contributed by atoms with Crippen LogP contribution < -0.4 is 0 Å². The van der Waals surface area contributed by atoms with Crippen LogP contribution in [0.2, 0.25) is 0 Å². The molecule has 2 aromatic heterocycles. The zero-order chi connectivity index (χ0) is 13.9. The standard InChI is InChI=1S/C12H16N4O3S/c1-2-19-10(17)7-9-15-16-11(13-14-12(16)20-9)8-3-5-18-6-4-8/h8H,2-7H2,1H3. The summed E-state index contributed by atoms with van der Waals surface area (Å²) in [4.78, 5) is 12.2. The second-order valence-electron chi connectivity index (χ2n) is 4.62. The number of carbonyl (C=O) groups excluding carboxylic acids is 1. The number of esters is 1. The van der Waals surface area contributed by atoms with Gasteiger partial charge < -0.3 is 9.47 Å². The van der Waals surface area contributed by atoms with Crippen LogP contribution in [-0.2, 0) is 20.7 Å². The van der Waals surface area contributed by atoms with Crippen molar-refractivity contribution in [3.8, 4) is 0 Å². The van der Waals surface area contributed by atoms with E-state index >= 15 is 0 Å². The molecule has 0 unspecified atom stereocenters. The topological polar surface area (TPSA) is 78.6 Å². The Hall–Kier alpha value is -1.54. The Balaban J connectivity index is 1.81. The number of rotatable bonds is 4. The number of hydrogen-bond donors (Lipinski definition) is 0. The number of fused-ring (bicyclic) bond motifs is 1. The van der Waals surface area contributed by atoms with Crippen LogP contribution in [0.3, 0.4) is 0 Å². The van der Waals surface area contributed by atoms with E-state index in [4.69, 9.17) is 9.47 Å². The third kappa shape index (κ3) is 2.66. The van der Waals surface area contributed by atoms with E-state index < -0.39 is 0 Å². The minimum absolute atomic E-state index is 0.190. The number of ether oxygens (including phenoxy) is 2. The van der Waals surface area contributed by atoms with Crippen molar-refractivity contribution in [2.45, 2.75) is 32.1 Å². The Morgan fingerprint density at radius 3 is 3.00 bits per heavy atom. The van der Waals surface area contributed by atoms with Crippen LogP contribution in [0.1, 0.15) is 36.5 Å². The van der Waals surface area contributed by atoms with Gasteiger partial charge in [0, 0.05) is 19.1 Å². The predicted molar refractivity (Wildman–Crippen MR) is 71.8 cm³/mol. The number of aromatic nitrogens is 4. The Morgan fingerprint density at radius 1 is 1.45 bits per heavy atom. The minimum atomic E-state index is -0.259. The van der Waals surface area contributed by atoms with Crippen LogP contribution in [0.4, 0.5) is 0 Å². The summed E-state index contributed by atoms with van der Waals surface area (Å²) < 4.78 is 12.0. The van der Waals surface area contributed by atoms with Crippen molar-refractivity contribution in [3.05, 3.63) is 10.8 Å². The van der Waals surface area contributed by atoms with E-state index in [0.717, 1.165) is 36.8 Å². The zero-order valence-corrected chi connectivity index (χ0v) is 12.1. The van der Waals surface area contributed by atoms with Gasteiger partial charge in [0.05, 0.1) is 13.0 Å². The van der Waals surface area contributed by atoms with Gasteiger partial charge in [-0.15, -0.1) is 10.2 Å². The second-order valence-corrected chi connectivity index (χ2v) is 5.66. The second kappa shape index (κ2) is 5.84. The molecular formula is C12H16N4O3S. The van der Waals surface area contributed by atoms with Crippen LogP contribution in [0, 0.1) is 0 Å². The molecule has 0 amide bonds. The number of carbonyl (C=O) groups is 1. The van der Waals surface area contributed by atoms with Gasteiger partial charge in [-0.1, -0.05) is 11.3 Å². The van der Waals surface area contributed by atoms with Crippen molar-refractivity contribution in [1.82, 2.24) is 19.8 Å². The Morgan fingerprint density at radius 2 is 2.25 bits per heavy atom. The van der Waals surface area contributed by atoms with Crippen molar-refractivity contribution < 1.29 is 14.3 Å². The maximum absolute atomic E-state index is 11.5.